The summed E-state index contributed by atoms with van der Waals surface area (Å²) in [5.41, 5.74) is 0. The molecule has 22 heavy (non-hydrogen) atoms. The number of likely N-dealkylation sites (tertiary alicyclic amines) is 1. The quantitative estimate of drug-likeness (QED) is 0.868. The van der Waals surface area contributed by atoms with Gasteiger partial charge in [0.1, 0.15) is 6.04 Å². The summed E-state index contributed by atoms with van der Waals surface area (Å²) >= 11 is 0. The van der Waals surface area contributed by atoms with E-state index in [9.17, 15) is 9.59 Å². The molecule has 1 N–H and O–H groups in total. The van der Waals surface area contributed by atoms with E-state index in [1.165, 1.54) is 32.1 Å². The summed E-state index contributed by atoms with van der Waals surface area (Å²) in [7, 11) is 0. The molecular formula is C18H30N2O2. The summed E-state index contributed by atoms with van der Waals surface area (Å²) in [5.74, 6) is 1.07. The lowest BCUT2D eigenvalue weighted by molar-refractivity contribution is -0.139. The van der Waals surface area contributed by atoms with Gasteiger partial charge in [-0.15, -0.1) is 0 Å². The molecule has 124 valence electrons. The molecule has 3 fully saturated rings. The predicted molar refractivity (Wildman–Crippen MR) is 86.3 cm³/mol. The summed E-state index contributed by atoms with van der Waals surface area (Å²) in [6, 6.07) is 0.0631. The number of carbonyl (C=O) groups is 2. The zero-order chi connectivity index (χ0) is 15.5. The smallest absolute Gasteiger partial charge is 0.245 e. The maximum atomic E-state index is 12.8. The van der Waals surface area contributed by atoms with E-state index >= 15 is 0 Å². The van der Waals surface area contributed by atoms with Gasteiger partial charge in [0, 0.05) is 18.5 Å². The average molecular weight is 306 g/mol. The fourth-order valence-corrected chi connectivity index (χ4v) is 4.39. The SMILES string of the molecule is C[C@@H](NC(=O)C1CCC1)C(=O)N1CCC[C@@H]1C1CCCCC1. The second-order valence-electron chi connectivity index (χ2n) is 7.50. The normalized spacial score (nSPS) is 28.2. The molecule has 3 aliphatic rings. The van der Waals surface area contributed by atoms with Gasteiger partial charge in [0.2, 0.25) is 11.8 Å². The van der Waals surface area contributed by atoms with Gasteiger partial charge in [-0.05, 0) is 51.4 Å². The largest absolute Gasteiger partial charge is 0.344 e. The van der Waals surface area contributed by atoms with Crippen molar-refractivity contribution in [3.05, 3.63) is 0 Å². The average Bonchev–Trinajstić information content (AvgIpc) is 2.94. The Balaban J connectivity index is 1.56. The van der Waals surface area contributed by atoms with Gasteiger partial charge in [0.15, 0.2) is 0 Å². The van der Waals surface area contributed by atoms with E-state index in [1.54, 1.807) is 0 Å². The van der Waals surface area contributed by atoms with Crippen LogP contribution in [0.25, 0.3) is 0 Å². The minimum Gasteiger partial charge on any atom is -0.344 e. The van der Waals surface area contributed by atoms with E-state index in [0.717, 1.165) is 38.6 Å². The molecule has 1 saturated heterocycles. The van der Waals surface area contributed by atoms with Gasteiger partial charge >= 0.3 is 0 Å². The second-order valence-corrected chi connectivity index (χ2v) is 7.50. The molecule has 1 aliphatic heterocycles. The van der Waals surface area contributed by atoms with Crippen LogP contribution in [0.1, 0.15) is 71.1 Å². The van der Waals surface area contributed by atoms with Crippen LogP contribution in [0, 0.1) is 11.8 Å². The van der Waals surface area contributed by atoms with Crippen LogP contribution in [0.4, 0.5) is 0 Å². The van der Waals surface area contributed by atoms with Crippen LogP contribution in [0.15, 0.2) is 0 Å². The van der Waals surface area contributed by atoms with Gasteiger partial charge in [0.25, 0.3) is 0 Å². The number of rotatable bonds is 4. The Bertz CT molecular complexity index is 413. The van der Waals surface area contributed by atoms with Gasteiger partial charge in [-0.25, -0.2) is 0 Å². The third-order valence-electron chi connectivity index (χ3n) is 5.98. The lowest BCUT2D eigenvalue weighted by Crippen LogP contribution is -2.51. The molecule has 2 amide bonds. The zero-order valence-electron chi connectivity index (χ0n) is 13.9. The monoisotopic (exact) mass is 306 g/mol. The summed E-state index contributed by atoms with van der Waals surface area (Å²) in [4.78, 5) is 26.9. The van der Waals surface area contributed by atoms with Crippen LogP contribution in [0.2, 0.25) is 0 Å². The third kappa shape index (κ3) is 3.31. The number of nitrogens with zero attached hydrogens (tertiary/aromatic N) is 1. The van der Waals surface area contributed by atoms with Crippen molar-refractivity contribution in [2.24, 2.45) is 11.8 Å². The maximum Gasteiger partial charge on any atom is 0.245 e. The van der Waals surface area contributed by atoms with Crippen molar-refractivity contribution in [3.8, 4) is 0 Å². The van der Waals surface area contributed by atoms with Gasteiger partial charge in [-0.3, -0.25) is 9.59 Å². The minimum absolute atomic E-state index is 0.0838. The topological polar surface area (TPSA) is 49.4 Å². The van der Waals surface area contributed by atoms with Crippen LogP contribution in [-0.4, -0.2) is 35.3 Å². The fraction of sp³-hybridized carbons (Fsp3) is 0.889. The van der Waals surface area contributed by atoms with Crippen molar-refractivity contribution in [2.75, 3.05) is 6.54 Å². The van der Waals surface area contributed by atoms with Crippen LogP contribution in [-0.2, 0) is 9.59 Å². The van der Waals surface area contributed by atoms with Crippen LogP contribution < -0.4 is 5.32 Å². The number of amides is 2. The summed E-state index contributed by atoms with van der Waals surface area (Å²) < 4.78 is 0. The van der Waals surface area contributed by atoms with Crippen LogP contribution >= 0.6 is 0 Å². The highest BCUT2D eigenvalue weighted by Crippen LogP contribution is 2.34. The maximum absolute atomic E-state index is 12.8. The van der Waals surface area contributed by atoms with Crippen LogP contribution in [0.5, 0.6) is 0 Å². The van der Waals surface area contributed by atoms with Crippen molar-refractivity contribution in [1.82, 2.24) is 10.2 Å². The molecule has 0 unspecified atom stereocenters. The molecule has 2 saturated carbocycles. The molecule has 0 bridgehead atoms. The first kappa shape index (κ1) is 15.8. The van der Waals surface area contributed by atoms with Gasteiger partial charge < -0.3 is 10.2 Å². The molecule has 0 aromatic heterocycles. The number of hydrogen-bond acceptors (Lipinski definition) is 2. The van der Waals surface area contributed by atoms with Crippen molar-refractivity contribution in [3.63, 3.8) is 0 Å². The van der Waals surface area contributed by atoms with Crippen molar-refractivity contribution in [1.29, 1.82) is 0 Å². The van der Waals surface area contributed by atoms with Gasteiger partial charge in [-0.1, -0.05) is 25.7 Å². The van der Waals surface area contributed by atoms with Gasteiger partial charge in [0.05, 0.1) is 0 Å². The van der Waals surface area contributed by atoms with E-state index in [2.05, 4.69) is 10.2 Å². The first-order chi connectivity index (χ1) is 10.7. The van der Waals surface area contributed by atoms with Crippen molar-refractivity contribution < 1.29 is 9.59 Å². The molecule has 4 nitrogen and oxygen atoms in total. The Kier molecular flexibility index (Phi) is 5.04. The Labute approximate surface area is 134 Å². The lowest BCUT2D eigenvalue weighted by Gasteiger charge is -2.35. The lowest BCUT2D eigenvalue weighted by atomic mass is 9.83. The summed E-state index contributed by atoms with van der Waals surface area (Å²) in [5, 5.41) is 2.95. The van der Waals surface area contributed by atoms with E-state index in [4.69, 9.17) is 0 Å². The summed E-state index contributed by atoms with van der Waals surface area (Å²) in [6.45, 7) is 2.73. The van der Waals surface area contributed by atoms with Gasteiger partial charge in [-0.2, -0.15) is 0 Å². The molecule has 3 rings (SSSR count). The number of carbonyl (C=O) groups excluding carboxylic acids is 2. The highest BCUT2D eigenvalue weighted by Gasteiger charge is 2.37. The molecular weight excluding hydrogens is 276 g/mol. The predicted octanol–water partition coefficient (Wildman–Crippen LogP) is 2.86. The first-order valence-electron chi connectivity index (χ1n) is 9.27. The fourth-order valence-electron chi connectivity index (χ4n) is 4.39. The van der Waals surface area contributed by atoms with Crippen molar-refractivity contribution >= 4 is 11.8 Å². The third-order valence-corrected chi connectivity index (χ3v) is 5.98. The van der Waals surface area contributed by atoms with E-state index in [0.29, 0.717) is 12.0 Å². The molecule has 4 heteroatoms. The number of nitrogens with one attached hydrogen (secondary N) is 1. The zero-order valence-corrected chi connectivity index (χ0v) is 13.9. The Morgan fingerprint density at radius 1 is 0.955 bits per heavy atom. The van der Waals surface area contributed by atoms with E-state index in [1.807, 2.05) is 6.92 Å². The molecule has 0 radical (unpaired) electrons. The first-order valence-corrected chi connectivity index (χ1v) is 9.27. The molecule has 2 atom stereocenters. The molecule has 2 aliphatic carbocycles. The Hall–Kier alpha value is -1.06. The highest BCUT2D eigenvalue weighted by molar-refractivity contribution is 5.88. The molecule has 0 aromatic carbocycles. The standard InChI is InChI=1S/C18H30N2O2/c1-13(19-17(21)15-9-5-10-15)18(22)20-12-6-11-16(20)14-7-3-2-4-8-14/h13-16H,2-12H2,1H3,(H,19,21)/t13-,16-/m1/s1. The Morgan fingerprint density at radius 3 is 2.32 bits per heavy atom. The molecule has 0 aromatic rings. The minimum atomic E-state index is -0.364. The molecule has 0 spiro atoms. The number of hydrogen-bond donors (Lipinski definition) is 1. The van der Waals surface area contributed by atoms with E-state index in [-0.39, 0.29) is 23.8 Å². The highest BCUT2D eigenvalue weighted by atomic mass is 16.2. The summed E-state index contributed by atoms with van der Waals surface area (Å²) in [6.07, 6.45) is 11.9. The molecule has 1 heterocycles. The van der Waals surface area contributed by atoms with Crippen molar-refractivity contribution in [2.45, 2.75) is 83.2 Å². The second kappa shape index (κ2) is 7.01. The Morgan fingerprint density at radius 2 is 1.68 bits per heavy atom. The van der Waals surface area contributed by atoms with E-state index < -0.39 is 0 Å². The van der Waals surface area contributed by atoms with Crippen LogP contribution in [0.3, 0.4) is 0 Å².